The van der Waals surface area contributed by atoms with E-state index in [9.17, 15) is 14.9 Å². The molecule has 0 bridgehead atoms. The molecule has 0 unspecified atom stereocenters. The molecule has 23 heavy (non-hydrogen) atoms. The Morgan fingerprint density at radius 2 is 1.96 bits per heavy atom. The SMILES string of the molecule is CCNCCNC(=O)c1ccn(-c2ccc([N+](=O)[O-])cc2)n1.Cl. The zero-order valence-corrected chi connectivity index (χ0v) is 13.4. The minimum Gasteiger partial charge on any atom is -0.349 e. The summed E-state index contributed by atoms with van der Waals surface area (Å²) in [6.45, 7) is 4.07. The van der Waals surface area contributed by atoms with Crippen LogP contribution in [-0.4, -0.2) is 40.2 Å². The molecule has 2 rings (SSSR count). The number of likely N-dealkylation sites (N-methyl/N-ethyl adjacent to an activating group) is 1. The number of nitrogens with zero attached hydrogens (tertiary/aromatic N) is 3. The van der Waals surface area contributed by atoms with E-state index in [1.54, 1.807) is 24.4 Å². The number of aromatic nitrogens is 2. The Hall–Kier alpha value is -2.45. The Labute approximate surface area is 139 Å². The molecule has 0 aliphatic heterocycles. The van der Waals surface area contributed by atoms with Crippen molar-refractivity contribution < 1.29 is 9.72 Å². The van der Waals surface area contributed by atoms with Crippen molar-refractivity contribution in [3.8, 4) is 5.69 Å². The topological polar surface area (TPSA) is 102 Å². The molecule has 2 N–H and O–H groups in total. The van der Waals surface area contributed by atoms with Gasteiger partial charge in [0.05, 0.1) is 10.6 Å². The van der Waals surface area contributed by atoms with Gasteiger partial charge in [0.25, 0.3) is 11.6 Å². The van der Waals surface area contributed by atoms with Crippen LogP contribution in [0.1, 0.15) is 17.4 Å². The van der Waals surface area contributed by atoms with Crippen molar-refractivity contribution in [1.29, 1.82) is 0 Å². The van der Waals surface area contributed by atoms with Gasteiger partial charge in [-0.3, -0.25) is 14.9 Å². The highest BCUT2D eigenvalue weighted by Crippen LogP contribution is 2.14. The molecule has 0 radical (unpaired) electrons. The molecule has 0 saturated carbocycles. The van der Waals surface area contributed by atoms with E-state index in [1.165, 1.54) is 16.8 Å². The normalized spacial score (nSPS) is 9.96. The van der Waals surface area contributed by atoms with Crippen molar-refractivity contribution in [2.75, 3.05) is 19.6 Å². The second kappa shape index (κ2) is 8.86. The number of nitrogens with one attached hydrogen (secondary N) is 2. The number of hydrogen-bond donors (Lipinski definition) is 2. The maximum absolute atomic E-state index is 11.9. The lowest BCUT2D eigenvalue weighted by Crippen LogP contribution is -2.32. The number of nitro benzene ring substituents is 1. The van der Waals surface area contributed by atoms with Gasteiger partial charge in [-0.25, -0.2) is 4.68 Å². The Bertz CT molecular complexity index is 657. The van der Waals surface area contributed by atoms with Crippen LogP contribution in [0.3, 0.4) is 0 Å². The average Bonchev–Trinajstić information content (AvgIpc) is 3.01. The van der Waals surface area contributed by atoms with Crippen LogP contribution < -0.4 is 10.6 Å². The number of non-ortho nitro benzene ring substituents is 1. The lowest BCUT2D eigenvalue weighted by atomic mass is 10.3. The van der Waals surface area contributed by atoms with E-state index < -0.39 is 4.92 Å². The maximum Gasteiger partial charge on any atom is 0.271 e. The van der Waals surface area contributed by atoms with E-state index in [2.05, 4.69) is 15.7 Å². The summed E-state index contributed by atoms with van der Waals surface area (Å²) in [6, 6.07) is 7.56. The fraction of sp³-hybridized carbons (Fsp3) is 0.286. The van der Waals surface area contributed by atoms with Crippen molar-refractivity contribution >= 4 is 24.0 Å². The molecule has 1 aromatic heterocycles. The second-order valence-corrected chi connectivity index (χ2v) is 4.53. The number of nitro groups is 1. The molecule has 9 heteroatoms. The number of halogens is 1. The number of hydrogen-bond acceptors (Lipinski definition) is 5. The average molecular weight is 340 g/mol. The van der Waals surface area contributed by atoms with Gasteiger partial charge >= 0.3 is 0 Å². The monoisotopic (exact) mass is 339 g/mol. The van der Waals surface area contributed by atoms with Crippen LogP contribution >= 0.6 is 12.4 Å². The van der Waals surface area contributed by atoms with Gasteiger partial charge in [0.2, 0.25) is 0 Å². The van der Waals surface area contributed by atoms with Gasteiger partial charge < -0.3 is 10.6 Å². The van der Waals surface area contributed by atoms with Gasteiger partial charge in [-0.2, -0.15) is 5.10 Å². The molecule has 1 aromatic carbocycles. The number of benzene rings is 1. The molecule has 2 aromatic rings. The van der Waals surface area contributed by atoms with E-state index in [0.717, 1.165) is 6.54 Å². The fourth-order valence-corrected chi connectivity index (χ4v) is 1.85. The number of carbonyl (C=O) groups excluding carboxylic acids is 1. The van der Waals surface area contributed by atoms with Crippen LogP contribution in [0.5, 0.6) is 0 Å². The molecule has 0 aliphatic carbocycles. The summed E-state index contributed by atoms with van der Waals surface area (Å²) < 4.78 is 1.50. The largest absolute Gasteiger partial charge is 0.349 e. The summed E-state index contributed by atoms with van der Waals surface area (Å²) in [7, 11) is 0. The molecule has 1 amide bonds. The van der Waals surface area contributed by atoms with Crippen molar-refractivity contribution in [3.05, 3.63) is 52.3 Å². The maximum atomic E-state index is 11.9. The molecular formula is C14H18ClN5O3. The zero-order chi connectivity index (χ0) is 15.9. The van der Waals surface area contributed by atoms with Crippen LogP contribution in [0.4, 0.5) is 5.69 Å². The van der Waals surface area contributed by atoms with Gasteiger partial charge in [-0.05, 0) is 24.7 Å². The Morgan fingerprint density at radius 3 is 2.57 bits per heavy atom. The van der Waals surface area contributed by atoms with Gasteiger partial charge in [0.1, 0.15) is 0 Å². The highest BCUT2D eigenvalue weighted by molar-refractivity contribution is 5.92. The zero-order valence-electron chi connectivity index (χ0n) is 12.6. The first-order chi connectivity index (χ1) is 10.6. The third kappa shape index (κ3) is 5.04. The first-order valence-electron chi connectivity index (χ1n) is 6.91. The quantitative estimate of drug-likeness (QED) is 0.452. The first kappa shape index (κ1) is 18.6. The van der Waals surface area contributed by atoms with Crippen molar-refractivity contribution in [2.45, 2.75) is 6.92 Å². The van der Waals surface area contributed by atoms with E-state index >= 15 is 0 Å². The van der Waals surface area contributed by atoms with Crippen LogP contribution in [-0.2, 0) is 0 Å². The summed E-state index contributed by atoms with van der Waals surface area (Å²) in [5.41, 5.74) is 0.962. The second-order valence-electron chi connectivity index (χ2n) is 4.53. The molecule has 124 valence electrons. The van der Waals surface area contributed by atoms with Gasteiger partial charge in [-0.15, -0.1) is 12.4 Å². The van der Waals surface area contributed by atoms with Crippen LogP contribution in [0, 0.1) is 10.1 Å². The van der Waals surface area contributed by atoms with Gasteiger partial charge in [0.15, 0.2) is 5.69 Å². The minimum atomic E-state index is -0.462. The predicted octanol–water partition coefficient (Wildman–Crippen LogP) is 1.54. The van der Waals surface area contributed by atoms with E-state index in [-0.39, 0.29) is 24.0 Å². The molecule has 8 nitrogen and oxygen atoms in total. The van der Waals surface area contributed by atoms with E-state index in [1.807, 2.05) is 6.92 Å². The summed E-state index contributed by atoms with van der Waals surface area (Å²) in [6.07, 6.45) is 1.64. The smallest absolute Gasteiger partial charge is 0.271 e. The summed E-state index contributed by atoms with van der Waals surface area (Å²) in [5, 5.41) is 20.6. The fourth-order valence-electron chi connectivity index (χ4n) is 1.85. The number of carbonyl (C=O) groups is 1. The lowest BCUT2D eigenvalue weighted by Gasteiger charge is -2.03. The van der Waals surface area contributed by atoms with Gasteiger partial charge in [-0.1, -0.05) is 6.92 Å². The standard InChI is InChI=1S/C14H17N5O3.ClH/c1-2-15-8-9-16-14(20)13-7-10-18(17-13)11-3-5-12(6-4-11)19(21)22;/h3-7,10,15H,2,8-9H2,1H3,(H,16,20);1H. The Balaban J connectivity index is 0.00000264. The molecular weight excluding hydrogens is 322 g/mol. The lowest BCUT2D eigenvalue weighted by molar-refractivity contribution is -0.384. The van der Waals surface area contributed by atoms with Crippen LogP contribution in [0.25, 0.3) is 5.69 Å². The third-order valence-corrected chi connectivity index (χ3v) is 2.98. The highest BCUT2D eigenvalue weighted by atomic mass is 35.5. The van der Waals surface area contributed by atoms with Crippen molar-refractivity contribution in [3.63, 3.8) is 0 Å². The van der Waals surface area contributed by atoms with Crippen molar-refractivity contribution in [2.24, 2.45) is 0 Å². The van der Waals surface area contributed by atoms with Crippen LogP contribution in [0.2, 0.25) is 0 Å². The highest BCUT2D eigenvalue weighted by Gasteiger charge is 2.10. The first-order valence-corrected chi connectivity index (χ1v) is 6.91. The minimum absolute atomic E-state index is 0. The van der Waals surface area contributed by atoms with Gasteiger partial charge in [0, 0.05) is 31.4 Å². The summed E-state index contributed by atoms with van der Waals surface area (Å²) in [4.78, 5) is 22.0. The molecule has 0 aliphatic rings. The Morgan fingerprint density at radius 1 is 1.26 bits per heavy atom. The number of amides is 1. The molecule has 0 fully saturated rings. The van der Waals surface area contributed by atoms with E-state index in [4.69, 9.17) is 0 Å². The third-order valence-electron chi connectivity index (χ3n) is 2.98. The Kier molecular flexibility index (Phi) is 7.17. The summed E-state index contributed by atoms with van der Waals surface area (Å²) >= 11 is 0. The molecule has 0 saturated heterocycles. The molecule has 1 heterocycles. The van der Waals surface area contributed by atoms with E-state index in [0.29, 0.717) is 24.5 Å². The molecule has 0 atom stereocenters. The predicted molar refractivity (Wildman–Crippen MR) is 88.3 cm³/mol. The van der Waals surface area contributed by atoms with Crippen LogP contribution in [0.15, 0.2) is 36.5 Å². The number of rotatable bonds is 7. The molecule has 0 spiro atoms. The summed E-state index contributed by atoms with van der Waals surface area (Å²) in [5.74, 6) is -0.251. The van der Waals surface area contributed by atoms with Crippen molar-refractivity contribution in [1.82, 2.24) is 20.4 Å².